The standard InChI is InChI=1S/C18H24N2O2/c21-17-9-5-4-8-16(18(22)19-12-14-10-11-14)20(17)13-15-6-2-1-3-7-15/h1-3,6-7,14,16H,4-5,8-13H2,(H,19,22). The van der Waals surface area contributed by atoms with Crippen molar-refractivity contribution in [1.29, 1.82) is 0 Å². The molecule has 1 saturated heterocycles. The van der Waals surface area contributed by atoms with Gasteiger partial charge in [0.05, 0.1) is 0 Å². The molecule has 4 nitrogen and oxygen atoms in total. The van der Waals surface area contributed by atoms with E-state index in [9.17, 15) is 9.59 Å². The van der Waals surface area contributed by atoms with Gasteiger partial charge in [-0.15, -0.1) is 0 Å². The number of nitrogens with zero attached hydrogens (tertiary/aromatic N) is 1. The van der Waals surface area contributed by atoms with E-state index in [2.05, 4.69) is 5.32 Å². The van der Waals surface area contributed by atoms with Crippen molar-refractivity contribution in [3.63, 3.8) is 0 Å². The first-order chi connectivity index (χ1) is 10.7. The van der Waals surface area contributed by atoms with E-state index in [1.54, 1.807) is 4.90 Å². The highest BCUT2D eigenvalue weighted by Gasteiger charge is 2.32. The lowest BCUT2D eigenvalue weighted by Crippen LogP contribution is -2.48. The van der Waals surface area contributed by atoms with Crippen molar-refractivity contribution in [3.8, 4) is 0 Å². The number of carbonyl (C=O) groups excluding carboxylic acids is 2. The van der Waals surface area contributed by atoms with Crippen LogP contribution < -0.4 is 5.32 Å². The second-order valence-corrected chi connectivity index (χ2v) is 6.46. The Balaban J connectivity index is 1.70. The first kappa shape index (κ1) is 15.1. The monoisotopic (exact) mass is 300 g/mol. The van der Waals surface area contributed by atoms with Crippen LogP contribution in [0.5, 0.6) is 0 Å². The summed E-state index contributed by atoms with van der Waals surface area (Å²) in [6.45, 7) is 1.30. The molecule has 1 atom stereocenters. The zero-order valence-electron chi connectivity index (χ0n) is 13.0. The minimum absolute atomic E-state index is 0.0260. The summed E-state index contributed by atoms with van der Waals surface area (Å²) >= 11 is 0. The summed E-state index contributed by atoms with van der Waals surface area (Å²) in [5.41, 5.74) is 1.08. The van der Waals surface area contributed by atoms with E-state index in [0.717, 1.165) is 31.4 Å². The average Bonchev–Trinajstić information content (AvgIpc) is 3.36. The van der Waals surface area contributed by atoms with Gasteiger partial charge in [0.2, 0.25) is 11.8 Å². The third-order valence-corrected chi connectivity index (χ3v) is 4.58. The Kier molecular flexibility index (Phi) is 4.76. The van der Waals surface area contributed by atoms with Gasteiger partial charge in [0.25, 0.3) is 0 Å². The van der Waals surface area contributed by atoms with Gasteiger partial charge in [-0.05, 0) is 37.2 Å². The molecule has 1 N–H and O–H groups in total. The number of carbonyl (C=O) groups is 2. The summed E-state index contributed by atoms with van der Waals surface area (Å²) < 4.78 is 0. The highest BCUT2D eigenvalue weighted by Crippen LogP contribution is 2.28. The maximum Gasteiger partial charge on any atom is 0.242 e. The number of nitrogens with one attached hydrogen (secondary N) is 1. The molecule has 1 aromatic rings. The Morgan fingerprint density at radius 3 is 2.64 bits per heavy atom. The molecule has 2 fully saturated rings. The summed E-state index contributed by atoms with van der Waals surface area (Å²) in [4.78, 5) is 26.7. The fourth-order valence-electron chi connectivity index (χ4n) is 3.02. The predicted octanol–water partition coefficient (Wildman–Crippen LogP) is 2.48. The van der Waals surface area contributed by atoms with Gasteiger partial charge in [-0.3, -0.25) is 9.59 Å². The fraction of sp³-hybridized carbons (Fsp3) is 0.556. The lowest BCUT2D eigenvalue weighted by Gasteiger charge is -2.29. The van der Waals surface area contributed by atoms with Crippen molar-refractivity contribution in [3.05, 3.63) is 35.9 Å². The molecule has 0 spiro atoms. The molecule has 1 saturated carbocycles. The number of likely N-dealkylation sites (tertiary alicyclic amines) is 1. The van der Waals surface area contributed by atoms with Crippen LogP contribution in [0.3, 0.4) is 0 Å². The third-order valence-electron chi connectivity index (χ3n) is 4.58. The SMILES string of the molecule is O=C(NCC1CC1)C1CCCCC(=O)N1Cc1ccccc1. The van der Waals surface area contributed by atoms with Crippen LogP contribution in [-0.2, 0) is 16.1 Å². The fourth-order valence-corrected chi connectivity index (χ4v) is 3.02. The van der Waals surface area contributed by atoms with Crippen LogP contribution in [0, 0.1) is 5.92 Å². The molecule has 2 amide bonds. The van der Waals surface area contributed by atoms with Crippen LogP contribution in [0.25, 0.3) is 0 Å². The lowest BCUT2D eigenvalue weighted by atomic mass is 10.1. The predicted molar refractivity (Wildman–Crippen MR) is 85.0 cm³/mol. The molecule has 22 heavy (non-hydrogen) atoms. The van der Waals surface area contributed by atoms with Crippen LogP contribution in [0.4, 0.5) is 0 Å². The van der Waals surface area contributed by atoms with Gasteiger partial charge in [0.15, 0.2) is 0 Å². The molecule has 118 valence electrons. The third kappa shape index (κ3) is 3.87. The van der Waals surface area contributed by atoms with Gasteiger partial charge in [0, 0.05) is 19.5 Å². The summed E-state index contributed by atoms with van der Waals surface area (Å²) in [6, 6.07) is 9.62. The van der Waals surface area contributed by atoms with E-state index >= 15 is 0 Å². The zero-order chi connectivity index (χ0) is 15.4. The van der Waals surface area contributed by atoms with E-state index < -0.39 is 0 Å². The van der Waals surface area contributed by atoms with Crippen molar-refractivity contribution in [2.75, 3.05) is 6.54 Å². The van der Waals surface area contributed by atoms with E-state index in [1.807, 2.05) is 30.3 Å². The summed E-state index contributed by atoms with van der Waals surface area (Å²) in [5.74, 6) is 0.791. The van der Waals surface area contributed by atoms with Crippen molar-refractivity contribution in [2.24, 2.45) is 5.92 Å². The van der Waals surface area contributed by atoms with Crippen LogP contribution in [0.1, 0.15) is 44.1 Å². The Morgan fingerprint density at radius 1 is 1.14 bits per heavy atom. The lowest BCUT2D eigenvalue weighted by molar-refractivity contribution is -0.140. The van der Waals surface area contributed by atoms with Crippen molar-refractivity contribution >= 4 is 11.8 Å². The Hall–Kier alpha value is -1.84. The topological polar surface area (TPSA) is 49.4 Å². The molecule has 0 bridgehead atoms. The molecular weight excluding hydrogens is 276 g/mol. The smallest absolute Gasteiger partial charge is 0.242 e. The van der Waals surface area contributed by atoms with Gasteiger partial charge >= 0.3 is 0 Å². The molecule has 0 aromatic heterocycles. The van der Waals surface area contributed by atoms with Gasteiger partial charge in [0.1, 0.15) is 6.04 Å². The minimum Gasteiger partial charge on any atom is -0.354 e. The summed E-state index contributed by atoms with van der Waals surface area (Å²) in [7, 11) is 0. The van der Waals surface area contributed by atoms with E-state index in [0.29, 0.717) is 18.9 Å². The zero-order valence-corrected chi connectivity index (χ0v) is 13.0. The molecule has 0 radical (unpaired) electrons. The molecular formula is C18H24N2O2. The number of hydrogen-bond acceptors (Lipinski definition) is 2. The number of rotatable bonds is 5. The highest BCUT2D eigenvalue weighted by molar-refractivity contribution is 5.88. The van der Waals surface area contributed by atoms with Gasteiger partial charge < -0.3 is 10.2 Å². The number of benzene rings is 1. The second kappa shape index (κ2) is 6.95. The first-order valence-electron chi connectivity index (χ1n) is 8.35. The molecule has 1 aliphatic heterocycles. The Labute approximate surface area is 131 Å². The maximum atomic E-state index is 12.5. The largest absolute Gasteiger partial charge is 0.354 e. The highest BCUT2D eigenvalue weighted by atomic mass is 16.2. The first-order valence-corrected chi connectivity index (χ1v) is 8.35. The maximum absolute atomic E-state index is 12.5. The molecule has 4 heteroatoms. The second-order valence-electron chi connectivity index (χ2n) is 6.46. The molecule has 1 aromatic carbocycles. The molecule has 1 heterocycles. The van der Waals surface area contributed by atoms with E-state index in [-0.39, 0.29) is 17.9 Å². The van der Waals surface area contributed by atoms with Crippen LogP contribution in [0.15, 0.2) is 30.3 Å². The van der Waals surface area contributed by atoms with Gasteiger partial charge in [-0.1, -0.05) is 36.8 Å². The van der Waals surface area contributed by atoms with Crippen LogP contribution in [0.2, 0.25) is 0 Å². The average molecular weight is 300 g/mol. The molecule has 1 aliphatic carbocycles. The van der Waals surface area contributed by atoms with Gasteiger partial charge in [-0.2, -0.15) is 0 Å². The van der Waals surface area contributed by atoms with Crippen molar-refractivity contribution in [1.82, 2.24) is 10.2 Å². The number of amides is 2. The van der Waals surface area contributed by atoms with Crippen LogP contribution >= 0.6 is 0 Å². The molecule has 2 aliphatic rings. The number of hydrogen-bond donors (Lipinski definition) is 1. The van der Waals surface area contributed by atoms with Crippen molar-refractivity contribution < 1.29 is 9.59 Å². The Bertz CT molecular complexity index is 525. The molecule has 1 unspecified atom stereocenters. The van der Waals surface area contributed by atoms with Crippen molar-refractivity contribution in [2.45, 2.75) is 51.1 Å². The quantitative estimate of drug-likeness (QED) is 0.908. The Morgan fingerprint density at radius 2 is 1.91 bits per heavy atom. The minimum atomic E-state index is -0.311. The normalized spacial score (nSPS) is 22.3. The summed E-state index contributed by atoms with van der Waals surface area (Å²) in [6.07, 6.45) is 5.60. The summed E-state index contributed by atoms with van der Waals surface area (Å²) in [5, 5.41) is 3.05. The van der Waals surface area contributed by atoms with E-state index in [1.165, 1.54) is 12.8 Å². The van der Waals surface area contributed by atoms with Gasteiger partial charge in [-0.25, -0.2) is 0 Å². The molecule has 3 rings (SSSR count). The van der Waals surface area contributed by atoms with Crippen LogP contribution in [-0.4, -0.2) is 29.3 Å². The van der Waals surface area contributed by atoms with E-state index in [4.69, 9.17) is 0 Å².